The Morgan fingerprint density at radius 2 is 1.79 bits per heavy atom. The molecule has 6 heteroatoms. The number of thiol groups is 1. The molecule has 4 rings (SSSR count). The zero-order valence-corrected chi connectivity index (χ0v) is 19.7. The van der Waals surface area contributed by atoms with E-state index in [2.05, 4.69) is 17.0 Å². The molecular weight excluding hydrogens is 437 g/mol. The van der Waals surface area contributed by atoms with Crippen molar-refractivity contribution in [1.82, 2.24) is 0 Å². The molecule has 1 fully saturated rings. The molecule has 3 N–H and O–H groups in total. The summed E-state index contributed by atoms with van der Waals surface area (Å²) in [5.74, 6) is -0.0512. The zero-order chi connectivity index (χ0) is 23.5. The summed E-state index contributed by atoms with van der Waals surface area (Å²) in [5, 5.41) is 31.5. The van der Waals surface area contributed by atoms with Gasteiger partial charge < -0.3 is 20.2 Å². The number of aliphatic hydroxyl groups excluding tert-OH is 3. The molecule has 6 atom stereocenters. The summed E-state index contributed by atoms with van der Waals surface area (Å²) in [6, 6.07) is 16.0. The van der Waals surface area contributed by atoms with Crippen molar-refractivity contribution in [2.45, 2.75) is 56.2 Å². The van der Waals surface area contributed by atoms with Crippen LogP contribution in [0.5, 0.6) is 0 Å². The topological polar surface area (TPSA) is 63.9 Å². The van der Waals surface area contributed by atoms with E-state index in [1.165, 1.54) is 18.2 Å². The molecular formula is C27H32FNO3S. The largest absolute Gasteiger partial charge is 0.508 e. The lowest BCUT2D eigenvalue weighted by Gasteiger charge is -2.36. The molecule has 0 spiro atoms. The summed E-state index contributed by atoms with van der Waals surface area (Å²) in [7, 11) is 0. The second-order valence-corrected chi connectivity index (χ2v) is 9.78. The van der Waals surface area contributed by atoms with Crippen LogP contribution in [0, 0.1) is 17.7 Å². The first kappa shape index (κ1) is 23.9. The Bertz CT molecular complexity index is 994. The van der Waals surface area contributed by atoms with Crippen LogP contribution in [0.1, 0.15) is 44.3 Å². The van der Waals surface area contributed by atoms with Crippen LogP contribution < -0.4 is 4.90 Å². The van der Waals surface area contributed by atoms with Gasteiger partial charge in [-0.2, -0.15) is 12.6 Å². The molecule has 1 aliphatic heterocycles. The summed E-state index contributed by atoms with van der Waals surface area (Å²) in [6.07, 6.45) is 5.24. The first-order valence-corrected chi connectivity index (χ1v) is 12.1. The zero-order valence-electron chi connectivity index (χ0n) is 18.8. The molecule has 0 amide bonds. The van der Waals surface area contributed by atoms with E-state index < -0.39 is 12.2 Å². The molecule has 0 bridgehead atoms. The number of halogens is 1. The molecule has 0 radical (unpaired) electrons. The number of nitrogens with zero attached hydrogens (tertiary/aromatic N) is 1. The van der Waals surface area contributed by atoms with Crippen molar-refractivity contribution < 1.29 is 19.7 Å². The smallest absolute Gasteiger partial charge is 0.123 e. The SMILES string of the molecule is CC1C=C([C@@H]2[C@@H](CCC[C@@H](O)c3ccc(F)cc3)CC(S)N2c2ccccc2)C(O)=CC1O. The van der Waals surface area contributed by atoms with E-state index in [4.69, 9.17) is 12.6 Å². The maximum absolute atomic E-state index is 13.2. The van der Waals surface area contributed by atoms with Crippen LogP contribution in [0.25, 0.3) is 0 Å². The number of anilines is 1. The fraction of sp³-hybridized carbons (Fsp3) is 0.407. The molecule has 33 heavy (non-hydrogen) atoms. The number of aliphatic hydroxyl groups is 3. The van der Waals surface area contributed by atoms with Crippen molar-refractivity contribution in [3.63, 3.8) is 0 Å². The number of para-hydroxylation sites is 1. The lowest BCUT2D eigenvalue weighted by Crippen LogP contribution is -2.39. The van der Waals surface area contributed by atoms with Crippen LogP contribution in [-0.2, 0) is 0 Å². The van der Waals surface area contributed by atoms with Gasteiger partial charge in [-0.1, -0.05) is 49.8 Å². The minimum Gasteiger partial charge on any atom is -0.508 e. The van der Waals surface area contributed by atoms with Crippen molar-refractivity contribution >= 4 is 18.3 Å². The van der Waals surface area contributed by atoms with Crippen LogP contribution in [0.4, 0.5) is 10.1 Å². The Balaban J connectivity index is 1.54. The third-order valence-corrected chi connectivity index (χ3v) is 7.33. The fourth-order valence-electron chi connectivity index (χ4n) is 5.09. The van der Waals surface area contributed by atoms with Crippen molar-refractivity contribution in [3.05, 3.63) is 89.5 Å². The van der Waals surface area contributed by atoms with Gasteiger partial charge in [0, 0.05) is 17.2 Å². The van der Waals surface area contributed by atoms with E-state index >= 15 is 0 Å². The molecule has 2 aliphatic rings. The molecule has 2 aromatic carbocycles. The maximum Gasteiger partial charge on any atom is 0.123 e. The first-order valence-electron chi connectivity index (χ1n) is 11.6. The predicted molar refractivity (Wildman–Crippen MR) is 133 cm³/mol. The van der Waals surface area contributed by atoms with Crippen LogP contribution >= 0.6 is 12.6 Å². The van der Waals surface area contributed by atoms with E-state index in [0.717, 1.165) is 36.1 Å². The van der Waals surface area contributed by atoms with Crippen molar-refractivity contribution in [2.24, 2.45) is 11.8 Å². The quantitative estimate of drug-likeness (QED) is 0.401. The van der Waals surface area contributed by atoms with E-state index in [9.17, 15) is 19.7 Å². The Morgan fingerprint density at radius 1 is 1.09 bits per heavy atom. The first-order chi connectivity index (χ1) is 15.8. The Kier molecular flexibility index (Phi) is 7.47. The molecule has 1 saturated heterocycles. The Hall–Kier alpha value is -2.28. The van der Waals surface area contributed by atoms with Gasteiger partial charge >= 0.3 is 0 Å². The summed E-state index contributed by atoms with van der Waals surface area (Å²) < 4.78 is 13.2. The summed E-state index contributed by atoms with van der Waals surface area (Å²) >= 11 is 4.90. The lowest BCUT2D eigenvalue weighted by molar-refractivity contribution is 0.160. The second kappa shape index (κ2) is 10.3. The van der Waals surface area contributed by atoms with E-state index in [1.807, 2.05) is 31.2 Å². The van der Waals surface area contributed by atoms with Gasteiger partial charge in [-0.15, -0.1) is 0 Å². The Labute approximate surface area is 200 Å². The van der Waals surface area contributed by atoms with Gasteiger partial charge in [0.15, 0.2) is 0 Å². The fourth-order valence-corrected chi connectivity index (χ4v) is 5.64. The number of rotatable bonds is 7. The highest BCUT2D eigenvalue weighted by Gasteiger charge is 2.43. The third kappa shape index (κ3) is 5.29. The lowest BCUT2D eigenvalue weighted by atomic mass is 9.83. The number of benzene rings is 2. The highest BCUT2D eigenvalue weighted by Crippen LogP contribution is 2.44. The summed E-state index contributed by atoms with van der Waals surface area (Å²) in [6.45, 7) is 1.95. The van der Waals surface area contributed by atoms with Crippen molar-refractivity contribution in [3.8, 4) is 0 Å². The summed E-state index contributed by atoms with van der Waals surface area (Å²) in [5.41, 5.74) is 2.59. The van der Waals surface area contributed by atoms with Crippen LogP contribution in [-0.4, -0.2) is 32.8 Å². The third-order valence-electron chi connectivity index (χ3n) is 6.87. The molecule has 3 unspecified atom stereocenters. The molecule has 1 aliphatic carbocycles. The minimum absolute atomic E-state index is 0.0136. The van der Waals surface area contributed by atoms with E-state index in [-0.39, 0.29) is 34.8 Å². The Morgan fingerprint density at radius 3 is 2.48 bits per heavy atom. The van der Waals surface area contributed by atoms with Gasteiger partial charge in [0.05, 0.1) is 23.6 Å². The average Bonchev–Trinajstić information content (AvgIpc) is 3.12. The minimum atomic E-state index is -0.698. The standard InChI is InChI=1S/C27H32FNO3S/c1-17-14-22(25(32)16-24(17)31)27-19(15-26(33)29(27)21-7-3-2-4-8-21)6-5-9-23(30)18-10-12-20(28)13-11-18/h2-4,7-8,10-14,16-17,19,23-24,26-27,30-33H,5-6,9,15H2,1H3/t17?,19-,23+,24?,26?,27-/m0/s1. The van der Waals surface area contributed by atoms with Gasteiger partial charge in [-0.25, -0.2) is 4.39 Å². The van der Waals surface area contributed by atoms with E-state index in [0.29, 0.717) is 6.42 Å². The maximum atomic E-state index is 13.2. The van der Waals surface area contributed by atoms with Crippen LogP contribution in [0.3, 0.4) is 0 Å². The van der Waals surface area contributed by atoms with Crippen molar-refractivity contribution in [2.75, 3.05) is 4.90 Å². The van der Waals surface area contributed by atoms with E-state index in [1.54, 1.807) is 12.1 Å². The average molecular weight is 470 g/mol. The second-order valence-electron chi connectivity index (χ2n) is 9.19. The van der Waals surface area contributed by atoms with Crippen LogP contribution in [0.15, 0.2) is 78.1 Å². The molecule has 0 saturated carbocycles. The molecule has 0 aromatic heterocycles. The van der Waals surface area contributed by atoms with Gasteiger partial charge in [0.2, 0.25) is 0 Å². The van der Waals surface area contributed by atoms with Gasteiger partial charge in [-0.05, 0) is 61.1 Å². The van der Waals surface area contributed by atoms with Gasteiger partial charge in [0.25, 0.3) is 0 Å². The van der Waals surface area contributed by atoms with Gasteiger partial charge in [0.1, 0.15) is 11.6 Å². The molecule has 176 valence electrons. The van der Waals surface area contributed by atoms with Crippen LogP contribution in [0.2, 0.25) is 0 Å². The highest BCUT2D eigenvalue weighted by molar-refractivity contribution is 7.81. The number of hydrogen-bond donors (Lipinski definition) is 4. The normalized spacial score (nSPS) is 28.4. The van der Waals surface area contributed by atoms with Gasteiger partial charge in [-0.3, -0.25) is 0 Å². The highest BCUT2D eigenvalue weighted by atomic mass is 32.1. The predicted octanol–water partition coefficient (Wildman–Crippen LogP) is 5.56. The molecule has 1 heterocycles. The number of hydrogen-bond acceptors (Lipinski definition) is 5. The molecule has 2 aromatic rings. The molecule has 4 nitrogen and oxygen atoms in total. The van der Waals surface area contributed by atoms with Crippen molar-refractivity contribution in [1.29, 1.82) is 0 Å². The monoisotopic (exact) mass is 469 g/mol. The summed E-state index contributed by atoms with van der Waals surface area (Å²) in [4.78, 5) is 2.25.